The highest BCUT2D eigenvalue weighted by Gasteiger charge is 2.36. The molecule has 3 rings (SSSR count). The molecule has 150 valence electrons. The molecule has 28 heavy (non-hydrogen) atoms. The third-order valence-corrected chi connectivity index (χ3v) is 5.12. The third-order valence-electron chi connectivity index (χ3n) is 4.62. The summed E-state index contributed by atoms with van der Waals surface area (Å²) in [4.78, 5) is 12.7. The van der Waals surface area contributed by atoms with E-state index in [0.717, 1.165) is 10.0 Å². The largest absolute Gasteiger partial charge is 0.573 e. The minimum absolute atomic E-state index is 0.0584. The fourth-order valence-electron chi connectivity index (χ4n) is 3.30. The van der Waals surface area contributed by atoms with Gasteiger partial charge >= 0.3 is 6.36 Å². The highest BCUT2D eigenvalue weighted by Crippen LogP contribution is 2.33. The van der Waals surface area contributed by atoms with Gasteiger partial charge in [-0.3, -0.25) is 4.79 Å². The lowest BCUT2D eigenvalue weighted by molar-refractivity contribution is -0.274. The van der Waals surface area contributed by atoms with Gasteiger partial charge < -0.3 is 14.8 Å². The van der Waals surface area contributed by atoms with E-state index in [1.807, 2.05) is 24.3 Å². The van der Waals surface area contributed by atoms with Gasteiger partial charge in [0.05, 0.1) is 12.0 Å². The Kier molecular flexibility index (Phi) is 6.30. The van der Waals surface area contributed by atoms with Gasteiger partial charge in [0.15, 0.2) is 0 Å². The first-order chi connectivity index (χ1) is 13.3. The molecule has 0 aromatic heterocycles. The van der Waals surface area contributed by atoms with E-state index in [0.29, 0.717) is 31.6 Å². The smallest absolute Gasteiger partial charge is 0.406 e. The maximum atomic E-state index is 12.7. The number of halogens is 4. The van der Waals surface area contributed by atoms with E-state index in [2.05, 4.69) is 26.0 Å². The average molecular weight is 458 g/mol. The molecule has 1 amide bonds. The van der Waals surface area contributed by atoms with Gasteiger partial charge in [0.1, 0.15) is 5.75 Å². The molecule has 1 aliphatic heterocycles. The Morgan fingerprint density at radius 2 is 1.82 bits per heavy atom. The molecule has 8 heteroatoms. The second kappa shape index (κ2) is 8.53. The third kappa shape index (κ3) is 5.48. The molecule has 4 nitrogen and oxygen atoms in total. The van der Waals surface area contributed by atoms with E-state index in [1.54, 1.807) is 0 Å². The molecule has 0 bridgehead atoms. The van der Waals surface area contributed by atoms with Crippen LogP contribution in [0.4, 0.5) is 13.2 Å². The zero-order valence-corrected chi connectivity index (χ0v) is 16.5. The predicted octanol–water partition coefficient (Wildman–Crippen LogP) is 4.71. The summed E-state index contributed by atoms with van der Waals surface area (Å²) in [6, 6.07) is 13.1. The Morgan fingerprint density at radius 3 is 2.43 bits per heavy atom. The second-order valence-electron chi connectivity index (χ2n) is 6.62. The molecule has 0 saturated carbocycles. The number of carbonyl (C=O) groups is 1. The van der Waals surface area contributed by atoms with Gasteiger partial charge in [-0.1, -0.05) is 40.2 Å². The van der Waals surface area contributed by atoms with Gasteiger partial charge in [-0.2, -0.15) is 0 Å². The van der Waals surface area contributed by atoms with Gasteiger partial charge in [-0.25, -0.2) is 0 Å². The van der Waals surface area contributed by atoms with Crippen LogP contribution in [0.1, 0.15) is 24.0 Å². The number of hydrogen-bond acceptors (Lipinski definition) is 3. The van der Waals surface area contributed by atoms with Gasteiger partial charge in [0.25, 0.3) is 0 Å². The number of ether oxygens (including phenoxy) is 2. The van der Waals surface area contributed by atoms with Crippen LogP contribution in [0.3, 0.4) is 0 Å². The van der Waals surface area contributed by atoms with E-state index in [1.165, 1.54) is 24.3 Å². The van der Waals surface area contributed by atoms with E-state index in [9.17, 15) is 18.0 Å². The number of hydrogen-bond donors (Lipinski definition) is 1. The van der Waals surface area contributed by atoms with Gasteiger partial charge in [-0.05, 0) is 48.2 Å². The molecule has 1 heterocycles. The van der Waals surface area contributed by atoms with Crippen molar-refractivity contribution < 1.29 is 27.4 Å². The van der Waals surface area contributed by atoms with Crippen LogP contribution in [0.15, 0.2) is 53.0 Å². The number of nitrogens with one attached hydrogen (secondary N) is 1. The van der Waals surface area contributed by atoms with Crippen molar-refractivity contribution in [3.63, 3.8) is 0 Å². The number of amides is 1. The zero-order valence-electron chi connectivity index (χ0n) is 14.9. The zero-order chi connectivity index (χ0) is 20.2. The number of alkyl halides is 3. The van der Waals surface area contributed by atoms with E-state index >= 15 is 0 Å². The summed E-state index contributed by atoms with van der Waals surface area (Å²) >= 11 is 3.46. The molecule has 0 atom stereocenters. The maximum Gasteiger partial charge on any atom is 0.573 e. The van der Waals surface area contributed by atoms with Crippen molar-refractivity contribution in [3.8, 4) is 5.75 Å². The Bertz CT molecular complexity index is 818. The van der Waals surface area contributed by atoms with E-state index in [4.69, 9.17) is 4.74 Å². The topological polar surface area (TPSA) is 47.6 Å². The van der Waals surface area contributed by atoms with Crippen LogP contribution < -0.4 is 10.1 Å². The summed E-state index contributed by atoms with van der Waals surface area (Å²) in [6.07, 6.45) is -3.39. The molecular formula is C20H19BrF3NO3. The molecule has 1 N–H and O–H groups in total. The Morgan fingerprint density at radius 1 is 1.14 bits per heavy atom. The van der Waals surface area contributed by atoms with Gasteiger partial charge in [0.2, 0.25) is 5.91 Å². The van der Waals surface area contributed by atoms with Gasteiger partial charge in [0, 0.05) is 17.7 Å². The lowest BCUT2D eigenvalue weighted by Crippen LogP contribution is -2.50. The predicted molar refractivity (Wildman–Crippen MR) is 101 cm³/mol. The first-order valence-corrected chi connectivity index (χ1v) is 9.55. The number of carbonyl (C=O) groups excluding carboxylic acids is 1. The van der Waals surface area contributed by atoms with Crippen LogP contribution in [-0.4, -0.2) is 25.5 Å². The van der Waals surface area contributed by atoms with Crippen LogP contribution in [0, 0.1) is 0 Å². The molecular weight excluding hydrogens is 439 g/mol. The molecule has 0 spiro atoms. The first-order valence-electron chi connectivity index (χ1n) is 8.75. The minimum Gasteiger partial charge on any atom is -0.406 e. The van der Waals surface area contributed by atoms with Crippen LogP contribution in [0.25, 0.3) is 0 Å². The second-order valence-corrected chi connectivity index (χ2v) is 7.54. The summed E-state index contributed by atoms with van der Waals surface area (Å²) in [5.74, 6) is -0.516. The van der Waals surface area contributed by atoms with E-state index < -0.39 is 11.9 Å². The van der Waals surface area contributed by atoms with Crippen LogP contribution >= 0.6 is 15.9 Å². The molecule has 1 aliphatic rings. The Labute approximate surface area is 169 Å². The molecule has 0 radical (unpaired) electrons. The molecule has 0 aliphatic carbocycles. The maximum absolute atomic E-state index is 12.7. The molecule has 1 saturated heterocycles. The van der Waals surface area contributed by atoms with Crippen molar-refractivity contribution >= 4 is 21.8 Å². The van der Waals surface area contributed by atoms with E-state index in [-0.39, 0.29) is 18.1 Å². The lowest BCUT2D eigenvalue weighted by atomic mass is 9.82. The molecule has 2 aromatic rings. The quantitative estimate of drug-likeness (QED) is 0.706. The van der Waals surface area contributed by atoms with Crippen molar-refractivity contribution in [2.75, 3.05) is 13.2 Å². The molecule has 1 fully saturated rings. The van der Waals surface area contributed by atoms with Crippen molar-refractivity contribution in [2.24, 2.45) is 0 Å². The first kappa shape index (κ1) is 20.7. The fraction of sp³-hybridized carbons (Fsp3) is 0.350. The fourth-order valence-corrected chi connectivity index (χ4v) is 3.70. The lowest BCUT2D eigenvalue weighted by Gasteiger charge is -2.38. The Balaban J connectivity index is 1.71. The summed E-state index contributed by atoms with van der Waals surface area (Å²) < 4.78 is 47.0. The van der Waals surface area contributed by atoms with Crippen molar-refractivity contribution in [3.05, 3.63) is 64.1 Å². The summed E-state index contributed by atoms with van der Waals surface area (Å²) in [5.41, 5.74) is 1.06. The average Bonchev–Trinajstić information content (AvgIpc) is 2.63. The monoisotopic (exact) mass is 457 g/mol. The number of rotatable bonds is 5. The SMILES string of the molecule is O=C(Cc1ccc(OC(F)(F)F)cc1)NC1(c2cccc(Br)c2)CCOCC1. The van der Waals surface area contributed by atoms with Gasteiger partial charge in [-0.15, -0.1) is 13.2 Å². The van der Waals surface area contributed by atoms with Crippen LogP contribution in [-0.2, 0) is 21.5 Å². The van der Waals surface area contributed by atoms with Crippen molar-refractivity contribution in [1.29, 1.82) is 0 Å². The van der Waals surface area contributed by atoms with Crippen LogP contribution in [0.2, 0.25) is 0 Å². The summed E-state index contributed by atoms with van der Waals surface area (Å²) in [5, 5.41) is 3.13. The molecule has 0 unspecified atom stereocenters. The Hall–Kier alpha value is -2.06. The van der Waals surface area contributed by atoms with Crippen LogP contribution in [0.5, 0.6) is 5.75 Å². The summed E-state index contributed by atoms with van der Waals surface area (Å²) in [7, 11) is 0. The highest BCUT2D eigenvalue weighted by molar-refractivity contribution is 9.10. The van der Waals surface area contributed by atoms with Crippen molar-refractivity contribution in [1.82, 2.24) is 5.32 Å². The standard InChI is InChI=1S/C20H19BrF3NO3/c21-16-3-1-2-15(13-16)19(8-10-27-11-9-19)25-18(26)12-14-4-6-17(7-5-14)28-20(22,23)24/h1-7,13H,8-12H2,(H,25,26). The minimum atomic E-state index is -4.74. The highest BCUT2D eigenvalue weighted by atomic mass is 79.9. The van der Waals surface area contributed by atoms with Crippen molar-refractivity contribution in [2.45, 2.75) is 31.2 Å². The number of benzene rings is 2. The normalized spacial score (nSPS) is 16.4. The summed E-state index contributed by atoms with van der Waals surface area (Å²) in [6.45, 7) is 1.08. The molecule has 2 aromatic carbocycles.